The van der Waals surface area contributed by atoms with Crippen molar-refractivity contribution < 1.29 is 4.74 Å². The molecule has 102 valence electrons. The number of nitrogens with zero attached hydrogens (tertiary/aromatic N) is 3. The fourth-order valence-electron chi connectivity index (χ4n) is 1.89. The van der Waals surface area contributed by atoms with Crippen LogP contribution in [0.15, 0.2) is 29.8 Å². The maximum absolute atomic E-state index is 5.93. The molecule has 0 aliphatic carbocycles. The first-order valence-corrected chi connectivity index (χ1v) is 7.16. The predicted octanol–water partition coefficient (Wildman–Crippen LogP) is 3.36. The molecule has 0 unspecified atom stereocenters. The van der Waals surface area contributed by atoms with E-state index >= 15 is 0 Å². The van der Waals surface area contributed by atoms with E-state index in [1.807, 2.05) is 23.6 Å². The van der Waals surface area contributed by atoms with E-state index in [9.17, 15) is 0 Å². The minimum atomic E-state index is 0.237. The van der Waals surface area contributed by atoms with Crippen molar-refractivity contribution in [2.75, 3.05) is 12.4 Å². The summed E-state index contributed by atoms with van der Waals surface area (Å²) in [6, 6.07) is 5.79. The van der Waals surface area contributed by atoms with Gasteiger partial charge in [-0.25, -0.2) is 15.0 Å². The van der Waals surface area contributed by atoms with Gasteiger partial charge in [0.05, 0.1) is 12.5 Å². The number of anilines is 1. The minimum Gasteiger partial charge on any atom is -0.481 e. The first kappa shape index (κ1) is 13.1. The van der Waals surface area contributed by atoms with Crippen molar-refractivity contribution in [1.82, 2.24) is 15.0 Å². The number of halogens is 1. The van der Waals surface area contributed by atoms with Crippen molar-refractivity contribution in [3.05, 3.63) is 40.6 Å². The predicted molar refractivity (Wildman–Crippen MR) is 80.5 cm³/mol. The molecular formula is C13H11ClN4OS. The van der Waals surface area contributed by atoms with E-state index in [0.717, 1.165) is 15.8 Å². The molecule has 0 aliphatic heterocycles. The summed E-state index contributed by atoms with van der Waals surface area (Å²) < 4.78 is 5.22. The van der Waals surface area contributed by atoms with Crippen LogP contribution in [0.2, 0.25) is 5.28 Å². The Bertz CT molecular complexity index is 746. The highest BCUT2D eigenvalue weighted by atomic mass is 35.5. The molecule has 0 aromatic carbocycles. The van der Waals surface area contributed by atoms with Crippen LogP contribution in [0.4, 0.5) is 5.82 Å². The molecule has 0 aliphatic rings. The molecule has 7 heteroatoms. The maximum atomic E-state index is 5.93. The summed E-state index contributed by atoms with van der Waals surface area (Å²) in [7, 11) is 1.60. The summed E-state index contributed by atoms with van der Waals surface area (Å²) in [6.07, 6.45) is 1.70. The molecule has 0 fully saturated rings. The van der Waals surface area contributed by atoms with Crippen LogP contribution in [0.5, 0.6) is 5.88 Å². The number of ether oxygens (including phenoxy) is 1. The van der Waals surface area contributed by atoms with Crippen molar-refractivity contribution in [3.63, 3.8) is 0 Å². The number of hydrogen-bond acceptors (Lipinski definition) is 6. The van der Waals surface area contributed by atoms with Crippen molar-refractivity contribution in [2.24, 2.45) is 0 Å². The van der Waals surface area contributed by atoms with Gasteiger partial charge in [0.15, 0.2) is 0 Å². The molecule has 3 heterocycles. The number of fused-ring (bicyclic) bond motifs is 1. The Morgan fingerprint density at radius 1 is 1.35 bits per heavy atom. The Hall–Kier alpha value is -1.92. The van der Waals surface area contributed by atoms with Crippen LogP contribution in [-0.4, -0.2) is 22.1 Å². The molecule has 3 aromatic rings. The zero-order valence-electron chi connectivity index (χ0n) is 10.6. The number of thiophene rings is 1. The van der Waals surface area contributed by atoms with Gasteiger partial charge < -0.3 is 10.1 Å². The van der Waals surface area contributed by atoms with Gasteiger partial charge in [-0.05, 0) is 29.1 Å². The average molecular weight is 307 g/mol. The second kappa shape index (κ2) is 5.60. The number of pyridine rings is 1. The Morgan fingerprint density at radius 2 is 2.25 bits per heavy atom. The normalized spacial score (nSPS) is 10.7. The largest absolute Gasteiger partial charge is 0.481 e. The number of aromatic nitrogens is 3. The molecule has 0 bridgehead atoms. The van der Waals surface area contributed by atoms with E-state index in [2.05, 4.69) is 20.3 Å². The Morgan fingerprint density at radius 3 is 3.10 bits per heavy atom. The highest BCUT2D eigenvalue weighted by Gasteiger charge is 2.09. The molecular weight excluding hydrogens is 296 g/mol. The van der Waals surface area contributed by atoms with Gasteiger partial charge in [0.25, 0.3) is 0 Å². The van der Waals surface area contributed by atoms with E-state index in [1.54, 1.807) is 13.3 Å². The molecule has 0 radical (unpaired) electrons. The van der Waals surface area contributed by atoms with Crippen LogP contribution >= 0.6 is 22.9 Å². The molecule has 0 atom stereocenters. The average Bonchev–Trinajstić information content (AvgIpc) is 2.93. The Balaban J connectivity index is 1.88. The standard InChI is InChI=1S/C13H11ClN4OS/c1-19-11-8(3-2-5-15-11)7-16-10-9-4-6-20-12(9)18-13(14)17-10/h2-6H,7H2,1H3,(H,16,17,18). The van der Waals surface area contributed by atoms with Crippen LogP contribution in [-0.2, 0) is 6.54 Å². The number of nitrogens with one attached hydrogen (secondary N) is 1. The molecule has 5 nitrogen and oxygen atoms in total. The highest BCUT2D eigenvalue weighted by Crippen LogP contribution is 2.27. The Labute approximate surface area is 124 Å². The quantitative estimate of drug-likeness (QED) is 0.749. The SMILES string of the molecule is COc1ncccc1CNc1nc(Cl)nc2sccc12. The third kappa shape index (κ3) is 2.52. The van der Waals surface area contributed by atoms with Crippen molar-refractivity contribution >= 4 is 39.0 Å². The minimum absolute atomic E-state index is 0.237. The van der Waals surface area contributed by atoms with Crippen LogP contribution in [0.3, 0.4) is 0 Å². The summed E-state index contributed by atoms with van der Waals surface area (Å²) in [5, 5.41) is 6.42. The molecule has 1 N–H and O–H groups in total. The first-order valence-electron chi connectivity index (χ1n) is 5.90. The summed E-state index contributed by atoms with van der Waals surface area (Å²) >= 11 is 7.46. The van der Waals surface area contributed by atoms with Gasteiger partial charge in [0.1, 0.15) is 10.6 Å². The molecule has 0 saturated carbocycles. The maximum Gasteiger partial charge on any atom is 0.225 e. The third-order valence-electron chi connectivity index (χ3n) is 2.79. The highest BCUT2D eigenvalue weighted by molar-refractivity contribution is 7.16. The lowest BCUT2D eigenvalue weighted by atomic mass is 10.2. The number of hydrogen-bond donors (Lipinski definition) is 1. The van der Waals surface area contributed by atoms with E-state index in [1.165, 1.54) is 11.3 Å². The van der Waals surface area contributed by atoms with Gasteiger partial charge >= 0.3 is 0 Å². The topological polar surface area (TPSA) is 59.9 Å². The number of rotatable bonds is 4. The molecule has 3 aromatic heterocycles. The van der Waals surface area contributed by atoms with Crippen molar-refractivity contribution in [2.45, 2.75) is 6.54 Å². The third-order valence-corrected chi connectivity index (χ3v) is 3.76. The molecule has 20 heavy (non-hydrogen) atoms. The van der Waals surface area contributed by atoms with Crippen LogP contribution < -0.4 is 10.1 Å². The van der Waals surface area contributed by atoms with Gasteiger partial charge in [-0.2, -0.15) is 0 Å². The van der Waals surface area contributed by atoms with Gasteiger partial charge in [-0.3, -0.25) is 0 Å². The lowest BCUT2D eigenvalue weighted by Crippen LogP contribution is -2.05. The van der Waals surface area contributed by atoms with E-state index < -0.39 is 0 Å². The van der Waals surface area contributed by atoms with Crippen LogP contribution in [0, 0.1) is 0 Å². The molecule has 0 spiro atoms. The second-order valence-electron chi connectivity index (χ2n) is 4.01. The zero-order valence-corrected chi connectivity index (χ0v) is 12.2. The Kier molecular flexibility index (Phi) is 3.66. The lowest BCUT2D eigenvalue weighted by molar-refractivity contribution is 0.393. The van der Waals surface area contributed by atoms with E-state index in [-0.39, 0.29) is 5.28 Å². The first-order chi connectivity index (χ1) is 9.78. The monoisotopic (exact) mass is 306 g/mol. The summed E-state index contributed by atoms with van der Waals surface area (Å²) in [6.45, 7) is 0.551. The van der Waals surface area contributed by atoms with Crippen LogP contribution in [0.1, 0.15) is 5.56 Å². The van der Waals surface area contributed by atoms with Gasteiger partial charge in [0, 0.05) is 18.3 Å². The van der Waals surface area contributed by atoms with Gasteiger partial charge in [-0.15, -0.1) is 11.3 Å². The summed E-state index contributed by atoms with van der Waals surface area (Å²) in [4.78, 5) is 13.4. The smallest absolute Gasteiger partial charge is 0.225 e. The van der Waals surface area contributed by atoms with Crippen molar-refractivity contribution in [3.8, 4) is 5.88 Å². The van der Waals surface area contributed by atoms with Gasteiger partial charge in [0.2, 0.25) is 11.2 Å². The zero-order chi connectivity index (χ0) is 13.9. The fraction of sp³-hybridized carbons (Fsp3) is 0.154. The van der Waals surface area contributed by atoms with E-state index in [0.29, 0.717) is 18.2 Å². The molecule has 3 rings (SSSR count). The lowest BCUT2D eigenvalue weighted by Gasteiger charge is -2.09. The molecule has 0 saturated heterocycles. The van der Waals surface area contributed by atoms with E-state index in [4.69, 9.17) is 16.3 Å². The summed E-state index contributed by atoms with van der Waals surface area (Å²) in [5.74, 6) is 1.31. The van der Waals surface area contributed by atoms with Gasteiger partial charge in [-0.1, -0.05) is 6.07 Å². The fourth-order valence-corrected chi connectivity index (χ4v) is 2.87. The second-order valence-corrected chi connectivity index (χ2v) is 5.24. The number of methoxy groups -OCH3 is 1. The van der Waals surface area contributed by atoms with Crippen molar-refractivity contribution in [1.29, 1.82) is 0 Å². The molecule has 0 amide bonds. The summed E-state index contributed by atoms with van der Waals surface area (Å²) in [5.41, 5.74) is 0.952. The van der Waals surface area contributed by atoms with Crippen LogP contribution in [0.25, 0.3) is 10.2 Å².